The van der Waals surface area contributed by atoms with Gasteiger partial charge in [0.25, 0.3) is 0 Å². The fraction of sp³-hybridized carbons (Fsp3) is 0.182. The minimum absolute atomic E-state index is 0.259. The number of methoxy groups -OCH3 is 1. The van der Waals surface area contributed by atoms with Crippen molar-refractivity contribution in [1.82, 2.24) is 4.98 Å². The van der Waals surface area contributed by atoms with E-state index in [1.807, 2.05) is 13.0 Å². The molecule has 0 atom stereocenters. The first-order valence-corrected chi connectivity index (χ1v) is 4.35. The Bertz CT molecular complexity index is 480. The third-order valence-corrected chi connectivity index (χ3v) is 2.12. The highest BCUT2D eigenvalue weighted by atomic mass is 16.5. The molecule has 0 radical (unpaired) electrons. The maximum absolute atomic E-state index is 9.63. The summed E-state index contributed by atoms with van der Waals surface area (Å²) < 4.78 is 5.08. The summed E-state index contributed by atoms with van der Waals surface area (Å²) in [5, 5.41) is 10.4. The Morgan fingerprint density at radius 1 is 1.29 bits per heavy atom. The van der Waals surface area contributed by atoms with Gasteiger partial charge in [-0.05, 0) is 19.1 Å². The van der Waals surface area contributed by atoms with E-state index in [-0.39, 0.29) is 5.75 Å². The maximum Gasteiger partial charge on any atom is 0.126 e. The largest absolute Gasteiger partial charge is 0.507 e. The van der Waals surface area contributed by atoms with E-state index in [4.69, 9.17) is 4.74 Å². The van der Waals surface area contributed by atoms with Crippen molar-refractivity contribution in [3.63, 3.8) is 0 Å². The molecule has 14 heavy (non-hydrogen) atoms. The monoisotopic (exact) mass is 189 g/mol. The van der Waals surface area contributed by atoms with Gasteiger partial charge in [-0.2, -0.15) is 0 Å². The number of pyridine rings is 1. The molecule has 1 aromatic carbocycles. The Morgan fingerprint density at radius 2 is 2.07 bits per heavy atom. The van der Waals surface area contributed by atoms with Crippen molar-refractivity contribution in [2.75, 3.05) is 7.11 Å². The van der Waals surface area contributed by atoms with Crippen molar-refractivity contribution < 1.29 is 9.84 Å². The number of aromatic nitrogens is 1. The first-order valence-electron chi connectivity index (χ1n) is 4.35. The van der Waals surface area contributed by atoms with E-state index in [2.05, 4.69) is 4.98 Å². The summed E-state index contributed by atoms with van der Waals surface area (Å²) in [6.45, 7) is 1.85. The molecule has 1 heterocycles. The van der Waals surface area contributed by atoms with Crippen LogP contribution in [0.15, 0.2) is 24.3 Å². The lowest BCUT2D eigenvalue weighted by Gasteiger charge is -2.04. The van der Waals surface area contributed by atoms with Crippen molar-refractivity contribution >= 4 is 10.9 Å². The van der Waals surface area contributed by atoms with Gasteiger partial charge in [-0.3, -0.25) is 4.98 Å². The zero-order valence-electron chi connectivity index (χ0n) is 8.11. The number of aryl methyl sites for hydroxylation is 1. The van der Waals surface area contributed by atoms with Crippen LogP contribution >= 0.6 is 0 Å². The summed E-state index contributed by atoms with van der Waals surface area (Å²) in [5.74, 6) is 1.00. The summed E-state index contributed by atoms with van der Waals surface area (Å²) in [7, 11) is 1.61. The van der Waals surface area contributed by atoms with E-state index in [1.54, 1.807) is 25.3 Å². The first kappa shape index (κ1) is 8.81. The number of fused-ring (bicyclic) bond motifs is 1. The number of aromatic hydroxyl groups is 1. The number of nitrogens with zero attached hydrogens (tertiary/aromatic N) is 1. The molecule has 2 aromatic rings. The van der Waals surface area contributed by atoms with Crippen molar-refractivity contribution in [2.24, 2.45) is 0 Å². The number of ether oxygens (including phenoxy) is 1. The highest BCUT2D eigenvalue weighted by molar-refractivity contribution is 5.86. The Kier molecular flexibility index (Phi) is 2.00. The lowest BCUT2D eigenvalue weighted by atomic mass is 10.2. The van der Waals surface area contributed by atoms with Gasteiger partial charge in [-0.15, -0.1) is 0 Å². The summed E-state index contributed by atoms with van der Waals surface area (Å²) in [4.78, 5) is 4.31. The minimum Gasteiger partial charge on any atom is -0.507 e. The zero-order chi connectivity index (χ0) is 10.1. The first-order chi connectivity index (χ1) is 6.70. The topological polar surface area (TPSA) is 42.4 Å². The van der Waals surface area contributed by atoms with Gasteiger partial charge in [0.05, 0.1) is 12.6 Å². The molecule has 0 aliphatic rings. The molecule has 0 spiro atoms. The molecule has 2 rings (SSSR count). The molecule has 0 aliphatic carbocycles. The predicted molar refractivity (Wildman–Crippen MR) is 54.7 cm³/mol. The number of rotatable bonds is 1. The van der Waals surface area contributed by atoms with E-state index < -0.39 is 0 Å². The van der Waals surface area contributed by atoms with Crippen molar-refractivity contribution in [1.29, 1.82) is 0 Å². The smallest absolute Gasteiger partial charge is 0.126 e. The molecule has 0 amide bonds. The third-order valence-electron chi connectivity index (χ3n) is 2.12. The Balaban J connectivity index is 2.75. The van der Waals surface area contributed by atoms with Crippen LogP contribution in [0.5, 0.6) is 11.5 Å². The van der Waals surface area contributed by atoms with Crippen LogP contribution in [0.3, 0.4) is 0 Å². The molecule has 3 nitrogen and oxygen atoms in total. The standard InChI is InChI=1S/C11H11NO2/c1-7-5-11(13)9-4-3-8(14-2)6-10(9)12-7/h3-6H,1-2H3,(H,12,13). The highest BCUT2D eigenvalue weighted by Crippen LogP contribution is 2.26. The van der Waals surface area contributed by atoms with Gasteiger partial charge in [0.2, 0.25) is 0 Å². The van der Waals surface area contributed by atoms with Crippen molar-refractivity contribution in [2.45, 2.75) is 6.92 Å². The molecule has 3 heteroatoms. The van der Waals surface area contributed by atoms with E-state index in [0.29, 0.717) is 0 Å². The second-order valence-corrected chi connectivity index (χ2v) is 3.17. The molecular formula is C11H11NO2. The van der Waals surface area contributed by atoms with Crippen LogP contribution in [-0.4, -0.2) is 17.2 Å². The van der Waals surface area contributed by atoms with Crippen LogP contribution in [-0.2, 0) is 0 Å². The van der Waals surface area contributed by atoms with Crippen LogP contribution in [0.4, 0.5) is 0 Å². The van der Waals surface area contributed by atoms with Gasteiger partial charge in [0, 0.05) is 23.2 Å². The molecule has 0 saturated heterocycles. The Morgan fingerprint density at radius 3 is 2.79 bits per heavy atom. The third kappa shape index (κ3) is 1.37. The fourth-order valence-corrected chi connectivity index (χ4v) is 1.45. The summed E-state index contributed by atoms with van der Waals surface area (Å²) in [5.41, 5.74) is 1.55. The van der Waals surface area contributed by atoms with Gasteiger partial charge in [0.1, 0.15) is 11.5 Å². The second kappa shape index (κ2) is 3.18. The van der Waals surface area contributed by atoms with Gasteiger partial charge in [-0.1, -0.05) is 0 Å². The molecule has 0 fully saturated rings. The minimum atomic E-state index is 0.259. The quantitative estimate of drug-likeness (QED) is 0.748. The normalized spacial score (nSPS) is 10.4. The number of benzene rings is 1. The zero-order valence-corrected chi connectivity index (χ0v) is 8.11. The van der Waals surface area contributed by atoms with E-state index in [0.717, 1.165) is 22.3 Å². The second-order valence-electron chi connectivity index (χ2n) is 3.17. The Hall–Kier alpha value is -1.77. The molecule has 0 bridgehead atoms. The van der Waals surface area contributed by atoms with E-state index in [1.165, 1.54) is 0 Å². The highest BCUT2D eigenvalue weighted by Gasteiger charge is 2.03. The van der Waals surface area contributed by atoms with Gasteiger partial charge in [-0.25, -0.2) is 0 Å². The van der Waals surface area contributed by atoms with Gasteiger partial charge < -0.3 is 9.84 Å². The molecule has 0 aliphatic heterocycles. The summed E-state index contributed by atoms with van der Waals surface area (Å²) in [6.07, 6.45) is 0. The van der Waals surface area contributed by atoms with Crippen LogP contribution < -0.4 is 4.74 Å². The fourth-order valence-electron chi connectivity index (χ4n) is 1.45. The van der Waals surface area contributed by atoms with Crippen LogP contribution in [0.1, 0.15) is 5.69 Å². The van der Waals surface area contributed by atoms with Crippen LogP contribution in [0, 0.1) is 6.92 Å². The molecule has 72 valence electrons. The van der Waals surface area contributed by atoms with E-state index in [9.17, 15) is 5.11 Å². The van der Waals surface area contributed by atoms with Crippen molar-refractivity contribution in [3.8, 4) is 11.5 Å². The molecule has 0 unspecified atom stereocenters. The maximum atomic E-state index is 9.63. The summed E-state index contributed by atoms with van der Waals surface area (Å²) in [6, 6.07) is 7.06. The van der Waals surface area contributed by atoms with Gasteiger partial charge >= 0.3 is 0 Å². The molecule has 0 saturated carbocycles. The molecular weight excluding hydrogens is 178 g/mol. The molecule has 1 aromatic heterocycles. The average Bonchev–Trinajstić information content (AvgIpc) is 2.16. The van der Waals surface area contributed by atoms with E-state index >= 15 is 0 Å². The number of hydrogen-bond acceptors (Lipinski definition) is 3. The summed E-state index contributed by atoms with van der Waals surface area (Å²) >= 11 is 0. The van der Waals surface area contributed by atoms with Gasteiger partial charge in [0.15, 0.2) is 0 Å². The lowest BCUT2D eigenvalue weighted by molar-refractivity contribution is 0.415. The SMILES string of the molecule is COc1ccc2c(O)cc(C)nc2c1. The molecule has 1 N–H and O–H groups in total. The Labute approximate surface area is 82.0 Å². The number of hydrogen-bond donors (Lipinski definition) is 1. The van der Waals surface area contributed by atoms with Crippen molar-refractivity contribution in [3.05, 3.63) is 30.0 Å². The predicted octanol–water partition coefficient (Wildman–Crippen LogP) is 2.26. The average molecular weight is 189 g/mol. The van der Waals surface area contributed by atoms with Crippen LogP contribution in [0.2, 0.25) is 0 Å². The lowest BCUT2D eigenvalue weighted by Crippen LogP contribution is -1.87. The van der Waals surface area contributed by atoms with Crippen LogP contribution in [0.25, 0.3) is 10.9 Å².